The summed E-state index contributed by atoms with van der Waals surface area (Å²) in [4.78, 5) is 1.33. The van der Waals surface area contributed by atoms with Gasteiger partial charge < -0.3 is 5.32 Å². The number of hydrogen-bond donors (Lipinski definition) is 1. The first kappa shape index (κ1) is 15.1. The van der Waals surface area contributed by atoms with E-state index in [2.05, 4.69) is 73.8 Å². The minimum absolute atomic E-state index is 0.390. The minimum Gasteiger partial charge on any atom is -0.312 e. The van der Waals surface area contributed by atoms with Crippen LogP contribution in [0.25, 0.3) is 0 Å². The Bertz CT molecular complexity index is 505. The van der Waals surface area contributed by atoms with Crippen molar-refractivity contribution < 1.29 is 0 Å². The monoisotopic (exact) mass is 285 g/mol. The molecular formula is C18H23NS. The lowest BCUT2D eigenvalue weighted by Crippen LogP contribution is -2.18. The number of nitrogens with one attached hydrogen (secondary N) is 1. The highest BCUT2D eigenvalue weighted by Gasteiger charge is 2.10. The van der Waals surface area contributed by atoms with Crippen LogP contribution in [-0.4, -0.2) is 12.8 Å². The molecule has 2 aromatic rings. The SMILES string of the molecule is CNC(CSc1ccccc1)c1ccc(C(C)C)cc1. The summed E-state index contributed by atoms with van der Waals surface area (Å²) in [5.41, 5.74) is 2.76. The van der Waals surface area contributed by atoms with Crippen LogP contribution in [0.15, 0.2) is 59.5 Å². The Hall–Kier alpha value is -1.25. The lowest BCUT2D eigenvalue weighted by Gasteiger charge is -2.17. The molecular weight excluding hydrogens is 262 g/mol. The second-order valence-electron chi connectivity index (χ2n) is 5.29. The normalized spacial score (nSPS) is 12.6. The van der Waals surface area contributed by atoms with Gasteiger partial charge in [-0.3, -0.25) is 0 Å². The lowest BCUT2D eigenvalue weighted by molar-refractivity contribution is 0.661. The van der Waals surface area contributed by atoms with Gasteiger partial charge in [-0.05, 0) is 36.2 Å². The van der Waals surface area contributed by atoms with E-state index in [1.165, 1.54) is 16.0 Å². The molecule has 0 fully saturated rings. The summed E-state index contributed by atoms with van der Waals surface area (Å²) in [7, 11) is 2.03. The van der Waals surface area contributed by atoms with Crippen molar-refractivity contribution in [2.24, 2.45) is 0 Å². The summed E-state index contributed by atoms with van der Waals surface area (Å²) in [5.74, 6) is 1.64. The van der Waals surface area contributed by atoms with Crippen LogP contribution < -0.4 is 5.32 Å². The van der Waals surface area contributed by atoms with E-state index in [-0.39, 0.29) is 0 Å². The third-order valence-corrected chi connectivity index (χ3v) is 4.62. The maximum absolute atomic E-state index is 3.42. The standard InChI is InChI=1S/C18H23NS/c1-14(2)15-9-11-16(12-10-15)18(19-3)13-20-17-7-5-4-6-8-17/h4-12,14,18-19H,13H2,1-3H3. The largest absolute Gasteiger partial charge is 0.312 e. The summed E-state index contributed by atoms with van der Waals surface area (Å²) in [6, 6.07) is 20.0. The van der Waals surface area contributed by atoms with E-state index in [1.54, 1.807) is 0 Å². The van der Waals surface area contributed by atoms with Crippen molar-refractivity contribution in [1.29, 1.82) is 0 Å². The Balaban J connectivity index is 2.01. The molecule has 0 aliphatic rings. The van der Waals surface area contributed by atoms with Gasteiger partial charge in [0.25, 0.3) is 0 Å². The average Bonchev–Trinajstić information content (AvgIpc) is 2.49. The number of hydrogen-bond acceptors (Lipinski definition) is 2. The van der Waals surface area contributed by atoms with E-state index in [4.69, 9.17) is 0 Å². The minimum atomic E-state index is 0.390. The first-order valence-electron chi connectivity index (χ1n) is 7.15. The molecule has 0 spiro atoms. The van der Waals surface area contributed by atoms with Crippen LogP contribution in [0.2, 0.25) is 0 Å². The van der Waals surface area contributed by atoms with Gasteiger partial charge in [0.05, 0.1) is 0 Å². The topological polar surface area (TPSA) is 12.0 Å². The molecule has 1 N–H and O–H groups in total. The number of rotatable bonds is 6. The quantitative estimate of drug-likeness (QED) is 0.760. The van der Waals surface area contributed by atoms with Gasteiger partial charge in [-0.15, -0.1) is 11.8 Å². The van der Waals surface area contributed by atoms with E-state index >= 15 is 0 Å². The number of benzene rings is 2. The summed E-state index contributed by atoms with van der Waals surface area (Å²) >= 11 is 1.90. The lowest BCUT2D eigenvalue weighted by atomic mass is 10.00. The van der Waals surface area contributed by atoms with Crippen LogP contribution in [0.5, 0.6) is 0 Å². The molecule has 0 aliphatic heterocycles. The molecule has 1 nitrogen and oxygen atoms in total. The Morgan fingerprint density at radius 1 is 0.900 bits per heavy atom. The Labute approximate surface area is 126 Å². The van der Waals surface area contributed by atoms with Crippen molar-refractivity contribution in [3.8, 4) is 0 Å². The maximum Gasteiger partial charge on any atom is 0.0412 e. The average molecular weight is 285 g/mol. The second kappa shape index (κ2) is 7.51. The molecule has 0 saturated heterocycles. The molecule has 0 aliphatic carbocycles. The molecule has 0 radical (unpaired) electrons. The highest BCUT2D eigenvalue weighted by atomic mass is 32.2. The first-order chi connectivity index (χ1) is 9.70. The van der Waals surface area contributed by atoms with Gasteiger partial charge in [0.2, 0.25) is 0 Å². The summed E-state index contributed by atoms with van der Waals surface area (Å²) in [6.45, 7) is 4.46. The van der Waals surface area contributed by atoms with Gasteiger partial charge in [0.1, 0.15) is 0 Å². The van der Waals surface area contributed by atoms with Crippen LogP contribution in [0.3, 0.4) is 0 Å². The molecule has 20 heavy (non-hydrogen) atoms. The first-order valence-corrected chi connectivity index (χ1v) is 8.14. The molecule has 0 heterocycles. The smallest absolute Gasteiger partial charge is 0.0412 e. The third kappa shape index (κ3) is 4.12. The molecule has 2 aromatic carbocycles. The number of thioether (sulfide) groups is 1. The molecule has 0 saturated carbocycles. The van der Waals surface area contributed by atoms with Crippen LogP contribution >= 0.6 is 11.8 Å². The van der Waals surface area contributed by atoms with Crippen LogP contribution in [0.4, 0.5) is 0 Å². The van der Waals surface area contributed by atoms with Crippen LogP contribution in [0, 0.1) is 0 Å². The molecule has 0 aromatic heterocycles. The van der Waals surface area contributed by atoms with Gasteiger partial charge in [-0.2, -0.15) is 0 Å². The predicted molar refractivity (Wildman–Crippen MR) is 89.5 cm³/mol. The van der Waals surface area contributed by atoms with Crippen molar-refractivity contribution in [2.75, 3.05) is 12.8 Å². The van der Waals surface area contributed by atoms with E-state index < -0.39 is 0 Å². The molecule has 0 amide bonds. The highest BCUT2D eigenvalue weighted by Crippen LogP contribution is 2.25. The third-order valence-electron chi connectivity index (χ3n) is 3.51. The van der Waals surface area contributed by atoms with Crippen molar-refractivity contribution in [2.45, 2.75) is 30.7 Å². The van der Waals surface area contributed by atoms with Crippen LogP contribution in [0.1, 0.15) is 36.9 Å². The van der Waals surface area contributed by atoms with E-state index in [1.807, 2.05) is 18.8 Å². The van der Waals surface area contributed by atoms with E-state index in [0.717, 1.165) is 5.75 Å². The van der Waals surface area contributed by atoms with Crippen molar-refractivity contribution in [3.63, 3.8) is 0 Å². The summed E-state index contributed by atoms with van der Waals surface area (Å²) < 4.78 is 0. The van der Waals surface area contributed by atoms with Crippen molar-refractivity contribution >= 4 is 11.8 Å². The summed E-state index contributed by atoms with van der Waals surface area (Å²) in [5, 5.41) is 3.42. The summed E-state index contributed by atoms with van der Waals surface area (Å²) in [6.07, 6.45) is 0. The molecule has 2 heteroatoms. The maximum atomic E-state index is 3.42. The van der Waals surface area contributed by atoms with Gasteiger partial charge in [0, 0.05) is 16.7 Å². The molecule has 1 unspecified atom stereocenters. The van der Waals surface area contributed by atoms with Crippen molar-refractivity contribution in [3.05, 3.63) is 65.7 Å². The zero-order valence-corrected chi connectivity index (χ0v) is 13.3. The van der Waals surface area contributed by atoms with E-state index in [0.29, 0.717) is 12.0 Å². The predicted octanol–water partition coefficient (Wildman–Crippen LogP) is 4.86. The fraction of sp³-hybridized carbons (Fsp3) is 0.333. The Morgan fingerprint density at radius 2 is 1.50 bits per heavy atom. The Kier molecular flexibility index (Phi) is 5.69. The fourth-order valence-corrected chi connectivity index (χ4v) is 3.22. The van der Waals surface area contributed by atoms with Gasteiger partial charge >= 0.3 is 0 Å². The molecule has 106 valence electrons. The fourth-order valence-electron chi connectivity index (χ4n) is 2.16. The second-order valence-corrected chi connectivity index (χ2v) is 6.38. The Morgan fingerprint density at radius 3 is 2.05 bits per heavy atom. The molecule has 2 rings (SSSR count). The van der Waals surface area contributed by atoms with Gasteiger partial charge in [0.15, 0.2) is 0 Å². The van der Waals surface area contributed by atoms with Crippen LogP contribution in [-0.2, 0) is 0 Å². The highest BCUT2D eigenvalue weighted by molar-refractivity contribution is 7.99. The zero-order chi connectivity index (χ0) is 14.4. The molecule has 1 atom stereocenters. The van der Waals surface area contributed by atoms with Gasteiger partial charge in [-0.1, -0.05) is 56.3 Å². The zero-order valence-electron chi connectivity index (χ0n) is 12.5. The molecule has 0 bridgehead atoms. The van der Waals surface area contributed by atoms with Crippen molar-refractivity contribution in [1.82, 2.24) is 5.32 Å². The van der Waals surface area contributed by atoms with E-state index in [9.17, 15) is 0 Å². The van der Waals surface area contributed by atoms with Gasteiger partial charge in [-0.25, -0.2) is 0 Å².